The highest BCUT2D eigenvalue weighted by Crippen LogP contribution is 2.25. The van der Waals surface area contributed by atoms with Crippen LogP contribution in [0.5, 0.6) is 0 Å². The Hall–Kier alpha value is -1.09. The summed E-state index contributed by atoms with van der Waals surface area (Å²) in [4.78, 5) is 0. The summed E-state index contributed by atoms with van der Waals surface area (Å²) in [6, 6.07) is 0. The Bertz CT molecular complexity index is 644. The molecule has 0 heterocycles. The van der Waals surface area contributed by atoms with Crippen molar-refractivity contribution in [2.24, 2.45) is 11.8 Å². The third-order valence-electron chi connectivity index (χ3n) is 4.69. The van der Waals surface area contributed by atoms with Crippen molar-refractivity contribution in [3.05, 3.63) is 24.3 Å². The van der Waals surface area contributed by atoms with Gasteiger partial charge in [0.2, 0.25) is 0 Å². The quantitative estimate of drug-likeness (QED) is 0.226. The number of allylic oxidation sites excluding steroid dienone is 2. The standard InChI is InChI=1S/C26H46O3Si2/c1-13-15-23(7)25(19-17-21(3)4)27-30(9,10)29-31(11,12)28-26(20-18-22(5)6)24(8)16-14-2/h23-26H,3,5,13-16H2,1-2,4,6-12H3. The van der Waals surface area contributed by atoms with Crippen molar-refractivity contribution in [3.63, 3.8) is 0 Å². The second-order valence-corrected chi connectivity index (χ2v) is 16.5. The molecule has 0 aromatic heterocycles. The van der Waals surface area contributed by atoms with Gasteiger partial charge in [-0.05, 0) is 75.9 Å². The molecule has 0 bridgehead atoms. The van der Waals surface area contributed by atoms with Crippen LogP contribution < -0.4 is 0 Å². The number of hydrogen-bond donors (Lipinski definition) is 0. The zero-order valence-electron chi connectivity index (χ0n) is 21.8. The predicted molar refractivity (Wildman–Crippen MR) is 139 cm³/mol. The lowest BCUT2D eigenvalue weighted by Gasteiger charge is -2.37. The van der Waals surface area contributed by atoms with Crippen molar-refractivity contribution in [1.29, 1.82) is 0 Å². The molecule has 0 aromatic rings. The molecule has 0 radical (unpaired) electrons. The monoisotopic (exact) mass is 462 g/mol. The van der Waals surface area contributed by atoms with E-state index in [4.69, 9.17) is 13.0 Å². The molecule has 0 aliphatic carbocycles. The molecule has 0 aliphatic rings. The van der Waals surface area contributed by atoms with Crippen LogP contribution in [-0.2, 0) is 13.0 Å². The zero-order valence-corrected chi connectivity index (χ0v) is 23.8. The highest BCUT2D eigenvalue weighted by atomic mass is 28.5. The van der Waals surface area contributed by atoms with Crippen LogP contribution in [0.15, 0.2) is 24.3 Å². The van der Waals surface area contributed by atoms with Crippen LogP contribution in [0.1, 0.15) is 67.2 Å². The lowest BCUT2D eigenvalue weighted by molar-refractivity contribution is 0.113. The van der Waals surface area contributed by atoms with Gasteiger partial charge in [-0.25, -0.2) is 0 Å². The van der Waals surface area contributed by atoms with Gasteiger partial charge in [-0.3, -0.25) is 0 Å². The van der Waals surface area contributed by atoms with Crippen molar-refractivity contribution in [2.45, 2.75) is 106 Å². The van der Waals surface area contributed by atoms with Crippen molar-refractivity contribution in [1.82, 2.24) is 0 Å². The molecule has 0 saturated heterocycles. The van der Waals surface area contributed by atoms with Crippen molar-refractivity contribution in [3.8, 4) is 23.7 Å². The van der Waals surface area contributed by atoms with Gasteiger partial charge < -0.3 is 13.0 Å². The second kappa shape index (κ2) is 14.1. The normalized spacial score (nSPS) is 15.5. The molecule has 0 saturated carbocycles. The number of rotatable bonds is 12. The Morgan fingerprint density at radius 2 is 1.06 bits per heavy atom. The van der Waals surface area contributed by atoms with Gasteiger partial charge >= 0.3 is 17.1 Å². The predicted octanol–water partition coefficient (Wildman–Crippen LogP) is 7.21. The summed E-state index contributed by atoms with van der Waals surface area (Å²) in [5.41, 5.74) is 1.69. The minimum absolute atomic E-state index is 0.166. The van der Waals surface area contributed by atoms with E-state index in [1.54, 1.807) is 0 Å². The Morgan fingerprint density at radius 3 is 1.32 bits per heavy atom. The van der Waals surface area contributed by atoms with Crippen LogP contribution in [-0.4, -0.2) is 29.3 Å². The molecule has 0 aliphatic heterocycles. The highest BCUT2D eigenvalue weighted by Gasteiger charge is 2.40. The van der Waals surface area contributed by atoms with Gasteiger partial charge in [0.05, 0.1) is 0 Å². The number of hydrogen-bond acceptors (Lipinski definition) is 3. The van der Waals surface area contributed by atoms with E-state index in [2.05, 4.69) is 90.7 Å². The van der Waals surface area contributed by atoms with E-state index in [0.717, 1.165) is 36.8 Å². The molecule has 31 heavy (non-hydrogen) atoms. The van der Waals surface area contributed by atoms with Crippen LogP contribution in [0.25, 0.3) is 0 Å². The Balaban J connectivity index is 5.51. The van der Waals surface area contributed by atoms with Crippen LogP contribution in [0.3, 0.4) is 0 Å². The molecular formula is C26H46O3Si2. The molecule has 176 valence electrons. The fourth-order valence-electron chi connectivity index (χ4n) is 3.43. The van der Waals surface area contributed by atoms with E-state index in [0.29, 0.717) is 11.8 Å². The second-order valence-electron chi connectivity index (χ2n) is 9.61. The van der Waals surface area contributed by atoms with Gasteiger partial charge in [0.15, 0.2) is 0 Å². The zero-order chi connectivity index (χ0) is 24.2. The maximum Gasteiger partial charge on any atom is 0.323 e. The summed E-state index contributed by atoms with van der Waals surface area (Å²) in [6.45, 7) is 28.7. The van der Waals surface area contributed by atoms with Gasteiger partial charge in [0.25, 0.3) is 0 Å². The van der Waals surface area contributed by atoms with Crippen LogP contribution in [0.4, 0.5) is 0 Å². The minimum atomic E-state index is -2.49. The summed E-state index contributed by atoms with van der Waals surface area (Å²) in [7, 11) is -4.98. The van der Waals surface area contributed by atoms with Gasteiger partial charge in [-0.2, -0.15) is 0 Å². The minimum Gasteiger partial charge on any atom is -0.415 e. The van der Waals surface area contributed by atoms with Crippen LogP contribution in [0, 0.1) is 35.5 Å². The van der Waals surface area contributed by atoms with Crippen molar-refractivity contribution < 1.29 is 13.0 Å². The van der Waals surface area contributed by atoms with Crippen molar-refractivity contribution in [2.75, 3.05) is 0 Å². The molecule has 4 unspecified atom stereocenters. The molecule has 4 atom stereocenters. The fraction of sp³-hybridized carbons (Fsp3) is 0.692. The molecule has 0 rings (SSSR count). The lowest BCUT2D eigenvalue weighted by atomic mass is 10.00. The van der Waals surface area contributed by atoms with Crippen LogP contribution in [0.2, 0.25) is 26.2 Å². The van der Waals surface area contributed by atoms with E-state index < -0.39 is 17.1 Å². The molecule has 0 aromatic carbocycles. The third-order valence-corrected chi connectivity index (χ3v) is 10.3. The average Bonchev–Trinajstić information content (AvgIpc) is 2.61. The Kier molecular flexibility index (Phi) is 13.6. The fourth-order valence-corrected chi connectivity index (χ4v) is 10.4. The first-order valence-electron chi connectivity index (χ1n) is 11.6. The molecule has 0 spiro atoms. The summed E-state index contributed by atoms with van der Waals surface area (Å²) < 4.78 is 19.7. The highest BCUT2D eigenvalue weighted by molar-refractivity contribution is 6.78. The summed E-state index contributed by atoms with van der Waals surface area (Å²) in [6.07, 6.45) is 3.98. The molecule has 3 nitrogen and oxygen atoms in total. The first-order valence-corrected chi connectivity index (χ1v) is 17.3. The van der Waals surface area contributed by atoms with Gasteiger partial charge in [-0.15, -0.1) is 0 Å². The van der Waals surface area contributed by atoms with Gasteiger partial charge in [-0.1, -0.05) is 77.4 Å². The van der Waals surface area contributed by atoms with Gasteiger partial charge in [0, 0.05) is 0 Å². The van der Waals surface area contributed by atoms with E-state index in [9.17, 15) is 0 Å². The Labute approximate surface area is 195 Å². The van der Waals surface area contributed by atoms with E-state index >= 15 is 0 Å². The molecule has 5 heteroatoms. The third kappa shape index (κ3) is 13.8. The summed E-state index contributed by atoms with van der Waals surface area (Å²) >= 11 is 0. The first kappa shape index (κ1) is 29.9. The summed E-state index contributed by atoms with van der Waals surface area (Å²) in [5, 5.41) is 0. The molecule has 0 fully saturated rings. The molecule has 0 N–H and O–H groups in total. The smallest absolute Gasteiger partial charge is 0.323 e. The Morgan fingerprint density at radius 1 is 0.742 bits per heavy atom. The maximum atomic E-state index is 6.61. The van der Waals surface area contributed by atoms with Crippen molar-refractivity contribution >= 4 is 17.1 Å². The first-order chi connectivity index (χ1) is 14.2. The SMILES string of the molecule is C=C(C)C#CC(O[Si](C)(C)O[Si](C)(C)OC(C#CC(=C)C)C(C)CCC)C(C)CCC. The average molecular weight is 463 g/mol. The van der Waals surface area contributed by atoms with E-state index in [-0.39, 0.29) is 12.2 Å². The van der Waals surface area contributed by atoms with Crippen LogP contribution >= 0.6 is 0 Å². The molecule has 0 amide bonds. The van der Waals surface area contributed by atoms with E-state index in [1.165, 1.54) is 0 Å². The summed E-state index contributed by atoms with van der Waals surface area (Å²) in [5.74, 6) is 13.4. The lowest BCUT2D eigenvalue weighted by Crippen LogP contribution is -2.52. The largest absolute Gasteiger partial charge is 0.415 e. The van der Waals surface area contributed by atoms with Gasteiger partial charge in [0.1, 0.15) is 12.2 Å². The maximum absolute atomic E-state index is 6.61. The topological polar surface area (TPSA) is 27.7 Å². The van der Waals surface area contributed by atoms with E-state index in [1.807, 2.05) is 13.8 Å². The molecular weight excluding hydrogens is 416 g/mol.